The Morgan fingerprint density at radius 1 is 1.31 bits per heavy atom. The van der Waals surface area contributed by atoms with Crippen LogP contribution in [-0.4, -0.2) is 9.97 Å². The number of rotatable bonds is 1. The van der Waals surface area contributed by atoms with Crippen LogP contribution in [0.4, 0.5) is 0 Å². The molecule has 0 radical (unpaired) electrons. The molecule has 0 aromatic carbocycles. The minimum absolute atomic E-state index is 0.430. The van der Waals surface area contributed by atoms with E-state index in [2.05, 4.69) is 9.97 Å². The fourth-order valence-electron chi connectivity index (χ4n) is 0.953. The van der Waals surface area contributed by atoms with Gasteiger partial charge in [0.2, 0.25) is 0 Å². The molecule has 2 aromatic rings. The molecule has 2 nitrogen and oxygen atoms in total. The molecule has 0 N–H and O–H groups in total. The van der Waals surface area contributed by atoms with Crippen molar-refractivity contribution >= 4 is 34.5 Å². The van der Waals surface area contributed by atoms with E-state index >= 15 is 0 Å². The average molecular weight is 231 g/mol. The Morgan fingerprint density at radius 2 is 2.15 bits per heavy atom. The molecule has 0 spiro atoms. The smallest absolute Gasteiger partial charge is 0.141 e. The minimum atomic E-state index is 0.430. The molecule has 66 valence electrons. The van der Waals surface area contributed by atoms with Crippen molar-refractivity contribution in [3.05, 3.63) is 34.1 Å². The molecule has 0 bridgehead atoms. The van der Waals surface area contributed by atoms with Gasteiger partial charge in [0.05, 0.1) is 9.90 Å². The standard InChI is InChI=1S/C8H4Cl2N2S/c9-6-1-2-13-7(6)5-3-11-4-12-8(5)10/h1-4H. The monoisotopic (exact) mass is 230 g/mol. The van der Waals surface area contributed by atoms with Crippen LogP contribution in [0.5, 0.6) is 0 Å². The first kappa shape index (κ1) is 8.94. The molecule has 2 aromatic heterocycles. The van der Waals surface area contributed by atoms with Crippen LogP contribution in [0.2, 0.25) is 10.2 Å². The Bertz CT molecular complexity index is 428. The molecular formula is C8H4Cl2N2S. The van der Waals surface area contributed by atoms with Crippen LogP contribution in [0.3, 0.4) is 0 Å². The zero-order valence-corrected chi connectivity index (χ0v) is 8.70. The second-order valence-corrected chi connectivity index (χ2v) is 4.01. The van der Waals surface area contributed by atoms with Gasteiger partial charge >= 0.3 is 0 Å². The number of halogens is 2. The second-order valence-electron chi connectivity index (χ2n) is 2.32. The lowest BCUT2D eigenvalue weighted by atomic mass is 10.3. The molecule has 5 heteroatoms. The van der Waals surface area contributed by atoms with Gasteiger partial charge in [-0.3, -0.25) is 0 Å². The summed E-state index contributed by atoms with van der Waals surface area (Å²) in [6, 6.07) is 1.82. The van der Waals surface area contributed by atoms with Crippen LogP contribution in [-0.2, 0) is 0 Å². The van der Waals surface area contributed by atoms with Gasteiger partial charge in [-0.2, -0.15) is 0 Å². The van der Waals surface area contributed by atoms with Crippen molar-refractivity contribution in [2.24, 2.45) is 0 Å². The molecule has 13 heavy (non-hydrogen) atoms. The number of aromatic nitrogens is 2. The third-order valence-corrected chi connectivity index (χ3v) is 3.20. The highest BCUT2D eigenvalue weighted by molar-refractivity contribution is 7.14. The van der Waals surface area contributed by atoms with E-state index < -0.39 is 0 Å². The SMILES string of the molecule is Clc1ccsc1-c1cncnc1Cl. The van der Waals surface area contributed by atoms with E-state index in [4.69, 9.17) is 23.2 Å². The molecule has 0 aliphatic heterocycles. The van der Waals surface area contributed by atoms with E-state index in [-0.39, 0.29) is 0 Å². The maximum atomic E-state index is 5.94. The molecule has 0 unspecified atom stereocenters. The molecule has 0 saturated carbocycles. The number of hydrogen-bond acceptors (Lipinski definition) is 3. The third-order valence-electron chi connectivity index (χ3n) is 1.53. The van der Waals surface area contributed by atoms with Gasteiger partial charge in [-0.15, -0.1) is 11.3 Å². The summed E-state index contributed by atoms with van der Waals surface area (Å²) < 4.78 is 0. The topological polar surface area (TPSA) is 25.8 Å². The zero-order valence-electron chi connectivity index (χ0n) is 6.37. The Hall–Kier alpha value is -0.640. The van der Waals surface area contributed by atoms with Gasteiger partial charge in [0.25, 0.3) is 0 Å². The van der Waals surface area contributed by atoms with Crippen molar-refractivity contribution < 1.29 is 0 Å². The lowest BCUT2D eigenvalue weighted by Crippen LogP contribution is -1.82. The number of hydrogen-bond donors (Lipinski definition) is 0. The molecule has 2 rings (SSSR count). The maximum Gasteiger partial charge on any atom is 0.141 e. The fraction of sp³-hybridized carbons (Fsp3) is 0. The van der Waals surface area contributed by atoms with Crippen LogP contribution in [0.25, 0.3) is 10.4 Å². The summed E-state index contributed by atoms with van der Waals surface area (Å²) in [7, 11) is 0. The lowest BCUT2D eigenvalue weighted by Gasteiger charge is -1.98. The van der Waals surface area contributed by atoms with E-state index in [0.29, 0.717) is 10.2 Å². The summed E-state index contributed by atoms with van der Waals surface area (Å²) in [5.41, 5.74) is 0.782. The van der Waals surface area contributed by atoms with Gasteiger partial charge in [0, 0.05) is 11.8 Å². The van der Waals surface area contributed by atoms with E-state index in [0.717, 1.165) is 10.4 Å². The largest absolute Gasteiger partial charge is 0.244 e. The van der Waals surface area contributed by atoms with Gasteiger partial charge in [-0.1, -0.05) is 23.2 Å². The van der Waals surface area contributed by atoms with E-state index in [1.54, 1.807) is 6.20 Å². The Kier molecular flexibility index (Phi) is 2.49. The van der Waals surface area contributed by atoms with Crippen molar-refractivity contribution in [3.8, 4) is 10.4 Å². The minimum Gasteiger partial charge on any atom is -0.244 e. The Morgan fingerprint density at radius 3 is 2.77 bits per heavy atom. The van der Waals surface area contributed by atoms with Crippen molar-refractivity contribution in [1.82, 2.24) is 9.97 Å². The molecule has 0 saturated heterocycles. The van der Waals surface area contributed by atoms with Gasteiger partial charge in [0.1, 0.15) is 11.5 Å². The van der Waals surface area contributed by atoms with Gasteiger partial charge in [-0.25, -0.2) is 9.97 Å². The molecule has 0 fully saturated rings. The highest BCUT2D eigenvalue weighted by Gasteiger charge is 2.09. The maximum absolute atomic E-state index is 5.94. The normalized spacial score (nSPS) is 10.3. The highest BCUT2D eigenvalue weighted by Crippen LogP contribution is 2.35. The first-order chi connectivity index (χ1) is 6.29. The lowest BCUT2D eigenvalue weighted by molar-refractivity contribution is 1.17. The summed E-state index contributed by atoms with van der Waals surface area (Å²) in [6.07, 6.45) is 3.07. The summed E-state index contributed by atoms with van der Waals surface area (Å²) in [5, 5.41) is 3.02. The second kappa shape index (κ2) is 3.62. The Labute approximate surface area is 89.2 Å². The quantitative estimate of drug-likeness (QED) is 0.702. The van der Waals surface area contributed by atoms with Crippen LogP contribution >= 0.6 is 34.5 Å². The number of thiophene rings is 1. The molecule has 2 heterocycles. The summed E-state index contributed by atoms with van der Waals surface area (Å²) in [4.78, 5) is 8.68. The third kappa shape index (κ3) is 1.68. The highest BCUT2D eigenvalue weighted by atomic mass is 35.5. The summed E-state index contributed by atoms with van der Waals surface area (Å²) in [5.74, 6) is 0. The van der Waals surface area contributed by atoms with Crippen LogP contribution < -0.4 is 0 Å². The van der Waals surface area contributed by atoms with Gasteiger partial charge in [0.15, 0.2) is 0 Å². The molecule has 0 aliphatic carbocycles. The first-order valence-corrected chi connectivity index (χ1v) is 5.11. The molecule has 0 atom stereocenters. The average Bonchev–Trinajstić information content (AvgIpc) is 2.52. The van der Waals surface area contributed by atoms with Crippen molar-refractivity contribution in [2.75, 3.05) is 0 Å². The van der Waals surface area contributed by atoms with Gasteiger partial charge < -0.3 is 0 Å². The van der Waals surface area contributed by atoms with Crippen molar-refractivity contribution in [2.45, 2.75) is 0 Å². The van der Waals surface area contributed by atoms with Gasteiger partial charge in [-0.05, 0) is 11.4 Å². The fourth-order valence-corrected chi connectivity index (χ4v) is 2.37. The van der Waals surface area contributed by atoms with E-state index in [9.17, 15) is 0 Å². The first-order valence-electron chi connectivity index (χ1n) is 3.48. The molecular weight excluding hydrogens is 227 g/mol. The predicted molar refractivity (Wildman–Crippen MR) is 55.4 cm³/mol. The zero-order chi connectivity index (χ0) is 9.26. The van der Waals surface area contributed by atoms with Crippen molar-refractivity contribution in [3.63, 3.8) is 0 Å². The van der Waals surface area contributed by atoms with Crippen LogP contribution in [0.1, 0.15) is 0 Å². The number of nitrogens with zero attached hydrogens (tertiary/aromatic N) is 2. The predicted octanol–water partition coefficient (Wildman–Crippen LogP) is 3.51. The van der Waals surface area contributed by atoms with E-state index in [1.165, 1.54) is 17.7 Å². The summed E-state index contributed by atoms with van der Waals surface area (Å²) in [6.45, 7) is 0. The van der Waals surface area contributed by atoms with Crippen LogP contribution in [0, 0.1) is 0 Å². The molecule has 0 aliphatic rings. The van der Waals surface area contributed by atoms with Crippen LogP contribution in [0.15, 0.2) is 24.0 Å². The van der Waals surface area contributed by atoms with E-state index in [1.807, 2.05) is 11.4 Å². The summed E-state index contributed by atoms with van der Waals surface area (Å²) >= 11 is 13.3. The van der Waals surface area contributed by atoms with Crippen molar-refractivity contribution in [1.29, 1.82) is 0 Å². The Balaban J connectivity index is 2.59. The molecule has 0 amide bonds.